The second-order valence-corrected chi connectivity index (χ2v) is 9.63. The topological polar surface area (TPSA) is 88.2 Å². The lowest BCUT2D eigenvalue weighted by Crippen LogP contribution is -2.36. The number of halogens is 1. The Morgan fingerprint density at radius 3 is 2.38 bits per heavy atom. The van der Waals surface area contributed by atoms with E-state index in [2.05, 4.69) is 31.0 Å². The Labute approximate surface area is 163 Å². The minimum atomic E-state index is -3.87. The summed E-state index contributed by atoms with van der Waals surface area (Å²) in [4.78, 5) is 16.8. The van der Waals surface area contributed by atoms with E-state index in [0.29, 0.717) is 15.2 Å². The molecule has 1 unspecified atom stereocenters. The fourth-order valence-electron chi connectivity index (χ4n) is 2.21. The van der Waals surface area contributed by atoms with Crippen LogP contribution in [0.1, 0.15) is 11.6 Å². The molecule has 6 nitrogen and oxygen atoms in total. The van der Waals surface area contributed by atoms with Crippen molar-refractivity contribution in [3.8, 4) is 0 Å². The molecule has 0 aliphatic carbocycles. The van der Waals surface area contributed by atoms with Gasteiger partial charge in [0.15, 0.2) is 0 Å². The highest BCUT2D eigenvalue weighted by atomic mass is 79.9. The Morgan fingerprint density at radius 2 is 1.77 bits per heavy atom. The third kappa shape index (κ3) is 4.55. The van der Waals surface area contributed by atoms with Gasteiger partial charge in [-0.15, -0.1) is 11.3 Å². The smallest absolute Gasteiger partial charge is 0.251 e. The molecule has 0 saturated heterocycles. The predicted octanol–water partition coefficient (Wildman–Crippen LogP) is 3.56. The SMILES string of the molecule is O=C(Nc1ccccn1)C(NS(=O)(=O)c1ccc(Br)s1)c1ccccc1. The minimum absolute atomic E-state index is 0.121. The molecule has 0 fully saturated rings. The molecule has 2 aromatic heterocycles. The normalized spacial score (nSPS) is 12.5. The zero-order chi connectivity index (χ0) is 18.6. The Bertz CT molecular complexity index is 992. The summed E-state index contributed by atoms with van der Waals surface area (Å²) in [5, 5.41) is 2.64. The third-order valence-electron chi connectivity index (χ3n) is 3.40. The zero-order valence-corrected chi connectivity index (χ0v) is 16.5. The van der Waals surface area contributed by atoms with E-state index in [1.165, 1.54) is 6.07 Å². The number of hydrogen-bond donors (Lipinski definition) is 2. The van der Waals surface area contributed by atoms with Crippen LogP contribution in [0.4, 0.5) is 5.82 Å². The van der Waals surface area contributed by atoms with E-state index >= 15 is 0 Å². The maximum absolute atomic E-state index is 12.7. The predicted molar refractivity (Wildman–Crippen MR) is 104 cm³/mol. The summed E-state index contributed by atoms with van der Waals surface area (Å²) in [5.74, 6) is -0.175. The van der Waals surface area contributed by atoms with Gasteiger partial charge >= 0.3 is 0 Å². The average Bonchev–Trinajstić information content (AvgIpc) is 3.09. The third-order valence-corrected chi connectivity index (χ3v) is 6.94. The second kappa shape index (κ2) is 8.09. The second-order valence-electron chi connectivity index (χ2n) is 5.23. The number of benzene rings is 1. The fourth-order valence-corrected chi connectivity index (χ4v) is 5.42. The first-order valence-corrected chi connectivity index (χ1v) is 10.6. The van der Waals surface area contributed by atoms with Gasteiger partial charge in [-0.2, -0.15) is 4.72 Å². The summed E-state index contributed by atoms with van der Waals surface area (Å²) < 4.78 is 28.6. The van der Waals surface area contributed by atoms with Gasteiger partial charge in [0.05, 0.1) is 3.79 Å². The number of amides is 1. The van der Waals surface area contributed by atoms with Crippen LogP contribution in [0, 0.1) is 0 Å². The molecule has 1 atom stereocenters. The van der Waals surface area contributed by atoms with Crippen LogP contribution in [-0.2, 0) is 14.8 Å². The first-order chi connectivity index (χ1) is 12.5. The molecule has 0 spiro atoms. The number of nitrogens with one attached hydrogen (secondary N) is 2. The molecular weight excluding hydrogens is 438 g/mol. The first-order valence-electron chi connectivity index (χ1n) is 7.50. The molecule has 1 amide bonds. The summed E-state index contributed by atoms with van der Waals surface area (Å²) in [7, 11) is -3.87. The number of carbonyl (C=O) groups is 1. The lowest BCUT2D eigenvalue weighted by atomic mass is 10.1. The Balaban J connectivity index is 1.90. The van der Waals surface area contributed by atoms with E-state index in [1.54, 1.807) is 60.8 Å². The number of thiophene rings is 1. The van der Waals surface area contributed by atoms with Gasteiger partial charge in [0.2, 0.25) is 5.91 Å². The van der Waals surface area contributed by atoms with Crippen LogP contribution in [0.25, 0.3) is 0 Å². The van der Waals surface area contributed by atoms with Crippen LogP contribution < -0.4 is 10.0 Å². The van der Waals surface area contributed by atoms with Crippen LogP contribution in [-0.4, -0.2) is 19.3 Å². The fraction of sp³-hybridized carbons (Fsp3) is 0.0588. The van der Waals surface area contributed by atoms with Crippen molar-refractivity contribution in [2.45, 2.75) is 10.3 Å². The van der Waals surface area contributed by atoms with Gasteiger partial charge < -0.3 is 5.32 Å². The molecule has 0 bridgehead atoms. The van der Waals surface area contributed by atoms with Crippen molar-refractivity contribution >= 4 is 49.0 Å². The van der Waals surface area contributed by atoms with E-state index in [-0.39, 0.29) is 4.21 Å². The van der Waals surface area contributed by atoms with Crippen molar-refractivity contribution in [2.24, 2.45) is 0 Å². The summed E-state index contributed by atoms with van der Waals surface area (Å²) in [5.41, 5.74) is 0.528. The van der Waals surface area contributed by atoms with Crippen molar-refractivity contribution in [1.82, 2.24) is 9.71 Å². The number of nitrogens with zero attached hydrogens (tertiary/aromatic N) is 1. The standard InChI is InChI=1S/C17H14BrN3O3S2/c18-13-9-10-15(25-13)26(23,24)21-16(12-6-2-1-3-7-12)17(22)20-14-8-4-5-11-19-14/h1-11,16,21H,(H,19,20,22). The lowest BCUT2D eigenvalue weighted by molar-refractivity contribution is -0.117. The largest absolute Gasteiger partial charge is 0.309 e. The number of sulfonamides is 1. The van der Waals surface area contributed by atoms with Crippen molar-refractivity contribution in [3.05, 3.63) is 76.2 Å². The van der Waals surface area contributed by atoms with Gasteiger partial charge in [-0.25, -0.2) is 13.4 Å². The summed E-state index contributed by atoms with van der Waals surface area (Å²) in [6.45, 7) is 0. The van der Waals surface area contributed by atoms with Crippen molar-refractivity contribution < 1.29 is 13.2 Å². The van der Waals surface area contributed by atoms with Crippen molar-refractivity contribution in [1.29, 1.82) is 0 Å². The van der Waals surface area contributed by atoms with Crippen LogP contribution in [0.5, 0.6) is 0 Å². The number of pyridine rings is 1. The first kappa shape index (κ1) is 18.7. The molecule has 2 N–H and O–H groups in total. The van der Waals surface area contributed by atoms with E-state index in [4.69, 9.17) is 0 Å². The van der Waals surface area contributed by atoms with Gasteiger partial charge in [0.1, 0.15) is 16.1 Å². The molecule has 1 aromatic carbocycles. The number of rotatable bonds is 6. The quantitative estimate of drug-likeness (QED) is 0.599. The number of carbonyl (C=O) groups excluding carboxylic acids is 1. The maximum atomic E-state index is 12.7. The van der Waals surface area contributed by atoms with Crippen molar-refractivity contribution in [2.75, 3.05) is 5.32 Å². The molecule has 9 heteroatoms. The molecule has 2 heterocycles. The van der Waals surface area contributed by atoms with Gasteiger partial charge in [-0.05, 0) is 45.8 Å². The van der Waals surface area contributed by atoms with E-state index < -0.39 is 22.0 Å². The van der Waals surface area contributed by atoms with E-state index in [1.807, 2.05) is 0 Å². The Kier molecular flexibility index (Phi) is 5.82. The molecule has 3 rings (SSSR count). The minimum Gasteiger partial charge on any atom is -0.309 e. The molecule has 0 radical (unpaired) electrons. The van der Waals surface area contributed by atoms with Crippen molar-refractivity contribution in [3.63, 3.8) is 0 Å². The van der Waals surface area contributed by atoms with Crippen LogP contribution in [0.15, 0.2) is 74.9 Å². The van der Waals surface area contributed by atoms with Crippen LogP contribution in [0.3, 0.4) is 0 Å². The Morgan fingerprint density at radius 1 is 1.04 bits per heavy atom. The van der Waals surface area contributed by atoms with E-state index in [0.717, 1.165) is 11.3 Å². The van der Waals surface area contributed by atoms with Gasteiger partial charge in [-0.1, -0.05) is 36.4 Å². The summed E-state index contributed by atoms with van der Waals surface area (Å²) in [6.07, 6.45) is 1.54. The highest BCUT2D eigenvalue weighted by molar-refractivity contribution is 9.11. The van der Waals surface area contributed by atoms with E-state index in [9.17, 15) is 13.2 Å². The van der Waals surface area contributed by atoms with Crippen LogP contribution in [0.2, 0.25) is 0 Å². The number of hydrogen-bond acceptors (Lipinski definition) is 5. The molecule has 0 aliphatic rings. The summed E-state index contributed by atoms with van der Waals surface area (Å²) in [6, 6.07) is 15.8. The average molecular weight is 452 g/mol. The Hall–Kier alpha value is -2.07. The molecule has 0 aliphatic heterocycles. The van der Waals surface area contributed by atoms with Gasteiger partial charge in [0, 0.05) is 6.20 Å². The van der Waals surface area contributed by atoms with Crippen LogP contribution >= 0.6 is 27.3 Å². The van der Waals surface area contributed by atoms with Gasteiger partial charge in [-0.3, -0.25) is 4.79 Å². The molecule has 134 valence electrons. The number of anilines is 1. The summed E-state index contributed by atoms with van der Waals surface area (Å²) >= 11 is 4.32. The molecule has 3 aromatic rings. The monoisotopic (exact) mass is 451 g/mol. The highest BCUT2D eigenvalue weighted by Crippen LogP contribution is 2.27. The highest BCUT2D eigenvalue weighted by Gasteiger charge is 2.28. The maximum Gasteiger partial charge on any atom is 0.251 e. The number of aromatic nitrogens is 1. The lowest BCUT2D eigenvalue weighted by Gasteiger charge is -2.18. The zero-order valence-electron chi connectivity index (χ0n) is 13.3. The molecule has 26 heavy (non-hydrogen) atoms. The molecular formula is C17H14BrN3O3S2. The van der Waals surface area contributed by atoms with Gasteiger partial charge in [0.25, 0.3) is 10.0 Å². The molecule has 0 saturated carbocycles.